The minimum Gasteiger partial charge on any atom is -0.388 e. The maximum Gasteiger partial charge on any atom is 0.111 e. The van der Waals surface area contributed by atoms with E-state index >= 15 is 0 Å². The number of anilines is 1. The topological polar surface area (TPSA) is 50.1 Å². The zero-order valence-corrected chi connectivity index (χ0v) is 11.8. The molecule has 0 amide bonds. The standard InChI is InChI=1S/C16H21N3O/c1-2-9-19-10-8-17-15(19)11-14(20)13-5-3-4-12-6-7-18-16(12)13/h3-5,8,10,14,18,20H,2,6-7,9,11H2,1H3. The molecule has 1 aliphatic rings. The van der Waals surface area contributed by atoms with Crippen LogP contribution < -0.4 is 5.32 Å². The minimum absolute atomic E-state index is 0.506. The molecule has 0 saturated carbocycles. The van der Waals surface area contributed by atoms with E-state index in [0.29, 0.717) is 6.42 Å². The third kappa shape index (κ3) is 2.43. The SMILES string of the molecule is CCCn1ccnc1CC(O)c1cccc2c1NCC2. The fourth-order valence-electron chi connectivity index (χ4n) is 2.90. The van der Waals surface area contributed by atoms with Gasteiger partial charge in [0.15, 0.2) is 0 Å². The van der Waals surface area contributed by atoms with Gasteiger partial charge in [-0.2, -0.15) is 0 Å². The second-order valence-corrected chi connectivity index (χ2v) is 5.31. The van der Waals surface area contributed by atoms with Gasteiger partial charge in [0, 0.05) is 43.2 Å². The predicted octanol–water partition coefficient (Wildman–Crippen LogP) is 2.54. The van der Waals surface area contributed by atoms with E-state index in [4.69, 9.17) is 0 Å². The van der Waals surface area contributed by atoms with Gasteiger partial charge >= 0.3 is 0 Å². The lowest BCUT2D eigenvalue weighted by Crippen LogP contribution is -2.10. The van der Waals surface area contributed by atoms with E-state index in [0.717, 1.165) is 43.0 Å². The van der Waals surface area contributed by atoms with Crippen LogP contribution in [0.2, 0.25) is 0 Å². The number of aryl methyl sites for hydroxylation is 1. The van der Waals surface area contributed by atoms with Gasteiger partial charge in [0.25, 0.3) is 0 Å². The van der Waals surface area contributed by atoms with Crippen LogP contribution in [-0.4, -0.2) is 21.2 Å². The number of para-hydroxylation sites is 1. The number of nitrogens with one attached hydrogen (secondary N) is 1. The monoisotopic (exact) mass is 271 g/mol. The molecule has 1 atom stereocenters. The largest absolute Gasteiger partial charge is 0.388 e. The van der Waals surface area contributed by atoms with Crippen molar-refractivity contribution in [1.29, 1.82) is 0 Å². The normalized spacial score (nSPS) is 14.9. The van der Waals surface area contributed by atoms with Crippen molar-refractivity contribution in [3.05, 3.63) is 47.5 Å². The summed E-state index contributed by atoms with van der Waals surface area (Å²) < 4.78 is 2.12. The number of hydrogen-bond acceptors (Lipinski definition) is 3. The Morgan fingerprint density at radius 1 is 1.45 bits per heavy atom. The number of rotatable bonds is 5. The van der Waals surface area contributed by atoms with Gasteiger partial charge in [-0.3, -0.25) is 0 Å². The van der Waals surface area contributed by atoms with Crippen molar-refractivity contribution >= 4 is 5.69 Å². The average Bonchev–Trinajstić information content (AvgIpc) is 3.08. The Hall–Kier alpha value is -1.81. The lowest BCUT2D eigenvalue weighted by atomic mass is 10.0. The van der Waals surface area contributed by atoms with Crippen LogP contribution in [0.5, 0.6) is 0 Å². The van der Waals surface area contributed by atoms with Crippen LogP contribution in [0, 0.1) is 0 Å². The lowest BCUT2D eigenvalue weighted by molar-refractivity contribution is 0.175. The number of nitrogens with zero attached hydrogens (tertiary/aromatic N) is 2. The van der Waals surface area contributed by atoms with E-state index in [9.17, 15) is 5.11 Å². The molecule has 1 aliphatic heterocycles. The van der Waals surface area contributed by atoms with Crippen LogP contribution in [0.25, 0.3) is 0 Å². The second-order valence-electron chi connectivity index (χ2n) is 5.31. The van der Waals surface area contributed by atoms with Crippen molar-refractivity contribution in [2.24, 2.45) is 0 Å². The second kappa shape index (κ2) is 5.67. The van der Waals surface area contributed by atoms with E-state index in [2.05, 4.69) is 27.9 Å². The molecule has 2 heterocycles. The first-order chi connectivity index (χ1) is 9.79. The van der Waals surface area contributed by atoms with E-state index in [1.54, 1.807) is 0 Å². The van der Waals surface area contributed by atoms with Crippen LogP contribution >= 0.6 is 0 Å². The Morgan fingerprint density at radius 2 is 2.35 bits per heavy atom. The molecular formula is C16H21N3O. The molecule has 1 aromatic carbocycles. The molecule has 0 spiro atoms. The minimum atomic E-state index is -0.506. The highest BCUT2D eigenvalue weighted by Gasteiger charge is 2.20. The quantitative estimate of drug-likeness (QED) is 0.878. The number of hydrogen-bond donors (Lipinski definition) is 2. The van der Waals surface area contributed by atoms with Gasteiger partial charge in [0.2, 0.25) is 0 Å². The smallest absolute Gasteiger partial charge is 0.111 e. The highest BCUT2D eigenvalue weighted by molar-refractivity contribution is 5.61. The molecule has 0 aliphatic carbocycles. The van der Waals surface area contributed by atoms with Crippen LogP contribution in [0.1, 0.15) is 36.4 Å². The number of aliphatic hydroxyl groups excluding tert-OH is 1. The highest BCUT2D eigenvalue weighted by Crippen LogP contribution is 2.32. The zero-order chi connectivity index (χ0) is 13.9. The zero-order valence-electron chi connectivity index (χ0n) is 11.8. The van der Waals surface area contributed by atoms with Crippen LogP contribution in [-0.2, 0) is 19.4 Å². The summed E-state index contributed by atoms with van der Waals surface area (Å²) in [6.45, 7) is 4.06. The first-order valence-electron chi connectivity index (χ1n) is 7.33. The van der Waals surface area contributed by atoms with E-state index in [-0.39, 0.29) is 0 Å². The Morgan fingerprint density at radius 3 is 3.20 bits per heavy atom. The molecule has 1 aromatic heterocycles. The van der Waals surface area contributed by atoms with Gasteiger partial charge < -0.3 is 15.0 Å². The molecule has 0 radical (unpaired) electrons. The fraction of sp³-hybridized carbons (Fsp3) is 0.438. The van der Waals surface area contributed by atoms with Gasteiger partial charge in [-0.1, -0.05) is 25.1 Å². The number of imidazole rings is 1. The summed E-state index contributed by atoms with van der Waals surface area (Å²) in [6.07, 6.45) is 5.96. The number of fused-ring (bicyclic) bond motifs is 1. The third-order valence-corrected chi connectivity index (χ3v) is 3.88. The van der Waals surface area contributed by atoms with Gasteiger partial charge in [-0.05, 0) is 18.4 Å². The molecule has 0 saturated heterocycles. The van der Waals surface area contributed by atoms with Gasteiger partial charge in [-0.15, -0.1) is 0 Å². The summed E-state index contributed by atoms with van der Waals surface area (Å²) in [6, 6.07) is 6.17. The maximum atomic E-state index is 10.6. The first-order valence-corrected chi connectivity index (χ1v) is 7.33. The number of aromatic nitrogens is 2. The van der Waals surface area contributed by atoms with Crippen molar-refractivity contribution in [2.45, 2.75) is 38.8 Å². The van der Waals surface area contributed by atoms with Crippen molar-refractivity contribution in [2.75, 3.05) is 11.9 Å². The molecule has 1 unspecified atom stereocenters. The van der Waals surface area contributed by atoms with E-state index in [1.165, 1.54) is 5.56 Å². The molecule has 0 fully saturated rings. The summed E-state index contributed by atoms with van der Waals surface area (Å²) in [5, 5.41) is 13.9. The molecule has 4 heteroatoms. The molecule has 2 N–H and O–H groups in total. The van der Waals surface area contributed by atoms with E-state index < -0.39 is 6.10 Å². The third-order valence-electron chi connectivity index (χ3n) is 3.88. The Labute approximate surface area is 119 Å². The molecule has 20 heavy (non-hydrogen) atoms. The van der Waals surface area contributed by atoms with Crippen molar-refractivity contribution in [3.63, 3.8) is 0 Å². The van der Waals surface area contributed by atoms with Crippen molar-refractivity contribution in [1.82, 2.24) is 9.55 Å². The number of benzene rings is 1. The molecular weight excluding hydrogens is 250 g/mol. The molecule has 106 valence electrons. The summed E-state index contributed by atoms with van der Waals surface area (Å²) in [4.78, 5) is 4.38. The van der Waals surface area contributed by atoms with Crippen LogP contribution in [0.3, 0.4) is 0 Å². The Balaban J connectivity index is 1.81. The van der Waals surface area contributed by atoms with Crippen LogP contribution in [0.15, 0.2) is 30.6 Å². The summed E-state index contributed by atoms with van der Waals surface area (Å²) in [7, 11) is 0. The molecule has 4 nitrogen and oxygen atoms in total. The Kier molecular flexibility index (Phi) is 3.74. The Bertz CT molecular complexity index is 591. The summed E-state index contributed by atoms with van der Waals surface area (Å²) in [5.74, 6) is 0.954. The molecule has 3 rings (SSSR count). The van der Waals surface area contributed by atoms with Gasteiger partial charge in [0.05, 0.1) is 6.10 Å². The fourth-order valence-corrected chi connectivity index (χ4v) is 2.90. The van der Waals surface area contributed by atoms with Crippen LogP contribution in [0.4, 0.5) is 5.69 Å². The van der Waals surface area contributed by atoms with Crippen molar-refractivity contribution < 1.29 is 5.11 Å². The lowest BCUT2D eigenvalue weighted by Gasteiger charge is -2.16. The highest BCUT2D eigenvalue weighted by atomic mass is 16.3. The molecule has 2 aromatic rings. The van der Waals surface area contributed by atoms with Gasteiger partial charge in [-0.25, -0.2) is 4.98 Å². The molecule has 0 bridgehead atoms. The summed E-state index contributed by atoms with van der Waals surface area (Å²) in [5.41, 5.74) is 3.41. The first kappa shape index (κ1) is 13.2. The average molecular weight is 271 g/mol. The van der Waals surface area contributed by atoms with Gasteiger partial charge in [0.1, 0.15) is 5.82 Å². The number of aliphatic hydroxyl groups is 1. The van der Waals surface area contributed by atoms with E-state index in [1.807, 2.05) is 24.5 Å². The predicted molar refractivity (Wildman–Crippen MR) is 79.8 cm³/mol. The summed E-state index contributed by atoms with van der Waals surface area (Å²) >= 11 is 0. The van der Waals surface area contributed by atoms with Crippen molar-refractivity contribution in [3.8, 4) is 0 Å². The maximum absolute atomic E-state index is 10.6.